The Morgan fingerprint density at radius 1 is 1.04 bits per heavy atom. The van der Waals surface area contributed by atoms with E-state index in [0.717, 1.165) is 43.6 Å². The predicted octanol–water partition coefficient (Wildman–Crippen LogP) is 4.46. The molecule has 2 aliphatic rings. The average molecular weight is 332 g/mol. The third-order valence-corrected chi connectivity index (χ3v) is 5.53. The zero-order valence-electron chi connectivity index (χ0n) is 14.8. The molecule has 0 heterocycles. The molecule has 2 saturated carbocycles. The van der Waals surface area contributed by atoms with Crippen LogP contribution in [0.2, 0.25) is 0 Å². The van der Waals surface area contributed by atoms with Gasteiger partial charge >= 0.3 is 5.97 Å². The first-order valence-electron chi connectivity index (χ1n) is 9.12. The highest BCUT2D eigenvalue weighted by atomic mass is 16.5. The van der Waals surface area contributed by atoms with Crippen molar-refractivity contribution in [1.29, 1.82) is 0 Å². The van der Waals surface area contributed by atoms with Gasteiger partial charge in [0, 0.05) is 6.42 Å². The van der Waals surface area contributed by atoms with E-state index in [0.29, 0.717) is 24.4 Å². The third kappa shape index (κ3) is 3.85. The molecule has 0 aliphatic heterocycles. The molecule has 132 valence electrons. The zero-order chi connectivity index (χ0) is 16.9. The van der Waals surface area contributed by atoms with E-state index < -0.39 is 0 Å². The number of esters is 1. The Kier molecular flexibility index (Phi) is 5.64. The molecule has 2 aliphatic carbocycles. The molecule has 0 bridgehead atoms. The Morgan fingerprint density at radius 3 is 2.54 bits per heavy atom. The second-order valence-electron chi connectivity index (χ2n) is 7.01. The van der Waals surface area contributed by atoms with Crippen LogP contribution in [0.3, 0.4) is 0 Å². The molecule has 24 heavy (non-hydrogen) atoms. The third-order valence-electron chi connectivity index (χ3n) is 5.53. The van der Waals surface area contributed by atoms with Crippen molar-refractivity contribution in [3.8, 4) is 11.5 Å². The van der Waals surface area contributed by atoms with Crippen LogP contribution in [0.4, 0.5) is 0 Å². The van der Waals surface area contributed by atoms with Gasteiger partial charge in [-0.3, -0.25) is 4.79 Å². The van der Waals surface area contributed by atoms with Crippen molar-refractivity contribution in [3.05, 3.63) is 23.8 Å². The Bertz CT molecular complexity index is 563. The van der Waals surface area contributed by atoms with E-state index in [9.17, 15) is 4.79 Å². The average Bonchev–Trinajstić information content (AvgIpc) is 3.26. The molecular formula is C20H28O4. The normalized spacial score (nSPS) is 24.1. The molecule has 0 spiro atoms. The lowest BCUT2D eigenvalue weighted by Crippen LogP contribution is -2.14. The number of methoxy groups -OCH3 is 2. The number of ether oxygens (including phenoxy) is 3. The molecule has 4 nitrogen and oxygen atoms in total. The van der Waals surface area contributed by atoms with Crippen LogP contribution >= 0.6 is 0 Å². The van der Waals surface area contributed by atoms with Gasteiger partial charge < -0.3 is 14.2 Å². The van der Waals surface area contributed by atoms with Crippen LogP contribution in [0.25, 0.3) is 0 Å². The first-order valence-corrected chi connectivity index (χ1v) is 9.12. The zero-order valence-corrected chi connectivity index (χ0v) is 14.8. The van der Waals surface area contributed by atoms with Crippen molar-refractivity contribution >= 4 is 5.97 Å². The van der Waals surface area contributed by atoms with Crippen molar-refractivity contribution in [2.75, 3.05) is 14.2 Å². The molecular weight excluding hydrogens is 304 g/mol. The van der Waals surface area contributed by atoms with Crippen LogP contribution in [-0.4, -0.2) is 26.3 Å². The molecule has 2 unspecified atom stereocenters. The summed E-state index contributed by atoms with van der Waals surface area (Å²) in [5.41, 5.74) is 1.26. The Hall–Kier alpha value is -1.71. The first kappa shape index (κ1) is 17.1. The second kappa shape index (κ2) is 7.91. The van der Waals surface area contributed by atoms with Gasteiger partial charge in [-0.2, -0.15) is 0 Å². The molecule has 4 heteroatoms. The fourth-order valence-electron chi connectivity index (χ4n) is 4.22. The van der Waals surface area contributed by atoms with Crippen LogP contribution in [0, 0.1) is 5.92 Å². The topological polar surface area (TPSA) is 44.8 Å². The number of benzene rings is 1. The highest BCUT2D eigenvalue weighted by Gasteiger charge is 2.31. The molecule has 0 N–H and O–H groups in total. The van der Waals surface area contributed by atoms with Gasteiger partial charge in [-0.05, 0) is 68.1 Å². The standard InChI is InChI=1S/C20H28O4/c1-22-18-11-10-15(12-19(18)24-16-7-3-4-8-16)17-9-5-6-14(17)13-20(21)23-2/h10-12,14,16-17H,3-9,13H2,1-2H3. The van der Waals surface area contributed by atoms with Crippen molar-refractivity contribution in [1.82, 2.24) is 0 Å². The fraction of sp³-hybridized carbons (Fsp3) is 0.650. The first-order chi connectivity index (χ1) is 11.7. The van der Waals surface area contributed by atoms with Crippen molar-refractivity contribution in [3.63, 3.8) is 0 Å². The van der Waals surface area contributed by atoms with E-state index in [2.05, 4.69) is 12.1 Å². The number of carbonyl (C=O) groups is 1. The van der Waals surface area contributed by atoms with Crippen LogP contribution in [0.15, 0.2) is 18.2 Å². The lowest BCUT2D eigenvalue weighted by molar-refractivity contribution is -0.141. The number of carbonyl (C=O) groups excluding carboxylic acids is 1. The summed E-state index contributed by atoms with van der Waals surface area (Å²) in [6, 6.07) is 6.27. The summed E-state index contributed by atoms with van der Waals surface area (Å²) in [7, 11) is 3.15. The van der Waals surface area contributed by atoms with E-state index in [4.69, 9.17) is 14.2 Å². The van der Waals surface area contributed by atoms with Crippen LogP contribution in [0.5, 0.6) is 11.5 Å². The maximum atomic E-state index is 11.7. The molecule has 0 radical (unpaired) electrons. The SMILES string of the molecule is COC(=O)CC1CCCC1c1ccc(OC)c(OC2CCCC2)c1. The fourth-order valence-corrected chi connectivity index (χ4v) is 4.22. The van der Waals surface area contributed by atoms with E-state index in [-0.39, 0.29) is 5.97 Å². The quantitative estimate of drug-likeness (QED) is 0.721. The monoisotopic (exact) mass is 332 g/mol. The van der Waals surface area contributed by atoms with Gasteiger partial charge in [-0.15, -0.1) is 0 Å². The Balaban J connectivity index is 1.78. The molecule has 2 fully saturated rings. The summed E-state index contributed by atoms with van der Waals surface area (Å²) < 4.78 is 16.6. The summed E-state index contributed by atoms with van der Waals surface area (Å²) in [4.78, 5) is 11.7. The minimum atomic E-state index is -0.108. The summed E-state index contributed by atoms with van der Waals surface area (Å²) in [6.45, 7) is 0. The van der Waals surface area contributed by atoms with Crippen molar-refractivity contribution in [2.45, 2.75) is 63.4 Å². The molecule has 1 aromatic rings. The molecule has 0 amide bonds. The summed E-state index contributed by atoms with van der Waals surface area (Å²) in [5, 5.41) is 0. The van der Waals surface area contributed by atoms with E-state index in [1.165, 1.54) is 25.5 Å². The number of hydrogen-bond acceptors (Lipinski definition) is 4. The van der Waals surface area contributed by atoms with Gasteiger partial charge in [0.2, 0.25) is 0 Å². The summed E-state index contributed by atoms with van der Waals surface area (Å²) in [6.07, 6.45) is 8.94. The van der Waals surface area contributed by atoms with Gasteiger partial charge in [-0.25, -0.2) is 0 Å². The molecule has 0 saturated heterocycles. The smallest absolute Gasteiger partial charge is 0.305 e. The summed E-state index contributed by atoms with van der Waals surface area (Å²) in [5.74, 6) is 2.31. The summed E-state index contributed by atoms with van der Waals surface area (Å²) >= 11 is 0. The number of rotatable bonds is 6. The highest BCUT2D eigenvalue weighted by Crippen LogP contribution is 2.44. The minimum absolute atomic E-state index is 0.108. The second-order valence-corrected chi connectivity index (χ2v) is 7.01. The van der Waals surface area contributed by atoms with Crippen LogP contribution in [-0.2, 0) is 9.53 Å². The van der Waals surface area contributed by atoms with Gasteiger partial charge in [0.1, 0.15) is 0 Å². The molecule has 2 atom stereocenters. The predicted molar refractivity (Wildman–Crippen MR) is 92.6 cm³/mol. The van der Waals surface area contributed by atoms with Gasteiger partial charge in [-0.1, -0.05) is 12.5 Å². The molecule has 1 aromatic carbocycles. The Morgan fingerprint density at radius 2 is 1.83 bits per heavy atom. The van der Waals surface area contributed by atoms with Gasteiger partial charge in [0.15, 0.2) is 11.5 Å². The van der Waals surface area contributed by atoms with Crippen molar-refractivity contribution < 1.29 is 19.0 Å². The lowest BCUT2D eigenvalue weighted by atomic mass is 9.86. The van der Waals surface area contributed by atoms with E-state index in [1.54, 1.807) is 7.11 Å². The highest BCUT2D eigenvalue weighted by molar-refractivity contribution is 5.69. The largest absolute Gasteiger partial charge is 0.493 e. The van der Waals surface area contributed by atoms with Crippen LogP contribution < -0.4 is 9.47 Å². The van der Waals surface area contributed by atoms with Crippen molar-refractivity contribution in [2.24, 2.45) is 5.92 Å². The maximum Gasteiger partial charge on any atom is 0.305 e. The molecule has 0 aromatic heterocycles. The lowest BCUT2D eigenvalue weighted by Gasteiger charge is -2.22. The van der Waals surface area contributed by atoms with E-state index in [1.807, 2.05) is 6.07 Å². The minimum Gasteiger partial charge on any atom is -0.493 e. The van der Waals surface area contributed by atoms with Gasteiger partial charge in [0.05, 0.1) is 20.3 Å². The Labute approximate surface area is 144 Å². The van der Waals surface area contributed by atoms with Crippen LogP contribution in [0.1, 0.15) is 62.8 Å². The molecule has 3 rings (SSSR count). The number of hydrogen-bond donors (Lipinski definition) is 0. The van der Waals surface area contributed by atoms with E-state index >= 15 is 0 Å². The van der Waals surface area contributed by atoms with Gasteiger partial charge in [0.25, 0.3) is 0 Å². The maximum absolute atomic E-state index is 11.7.